The molecular formula is C11H8F3N3O2. The van der Waals surface area contributed by atoms with E-state index in [0.717, 1.165) is 30.5 Å². The minimum Gasteiger partial charge on any atom is -0.431 e. The van der Waals surface area contributed by atoms with Gasteiger partial charge in [0.15, 0.2) is 5.69 Å². The maximum Gasteiger partial charge on any atom is 0.416 e. The molecule has 3 N–H and O–H groups in total. The normalized spacial score (nSPS) is 11.3. The summed E-state index contributed by atoms with van der Waals surface area (Å²) in [6.07, 6.45) is -3.36. The second-order valence-electron chi connectivity index (χ2n) is 3.60. The molecular weight excluding hydrogens is 263 g/mol. The van der Waals surface area contributed by atoms with E-state index in [1.54, 1.807) is 0 Å². The molecule has 1 aromatic heterocycles. The molecule has 5 nitrogen and oxygen atoms in total. The molecule has 8 heteroatoms. The van der Waals surface area contributed by atoms with E-state index in [1.807, 2.05) is 0 Å². The van der Waals surface area contributed by atoms with Gasteiger partial charge in [0.05, 0.1) is 5.56 Å². The predicted octanol–water partition coefficient (Wildman–Crippen LogP) is 2.53. The Labute approximate surface area is 105 Å². The van der Waals surface area contributed by atoms with Gasteiger partial charge in [-0.1, -0.05) is 0 Å². The van der Waals surface area contributed by atoms with Crippen LogP contribution in [0.2, 0.25) is 0 Å². The number of nitrogens with zero attached hydrogens (tertiary/aromatic N) is 1. The summed E-state index contributed by atoms with van der Waals surface area (Å²) in [6.45, 7) is 0. The number of carbonyl (C=O) groups excluding carboxylic acids is 1. The van der Waals surface area contributed by atoms with Gasteiger partial charge in [0, 0.05) is 5.69 Å². The zero-order valence-electron chi connectivity index (χ0n) is 9.36. The lowest BCUT2D eigenvalue weighted by Crippen LogP contribution is -2.13. The van der Waals surface area contributed by atoms with Crippen LogP contribution >= 0.6 is 0 Å². The van der Waals surface area contributed by atoms with Crippen LogP contribution in [0.5, 0.6) is 0 Å². The smallest absolute Gasteiger partial charge is 0.416 e. The van der Waals surface area contributed by atoms with E-state index in [1.165, 1.54) is 0 Å². The van der Waals surface area contributed by atoms with Crippen LogP contribution < -0.4 is 11.1 Å². The fourth-order valence-electron chi connectivity index (χ4n) is 1.33. The third kappa shape index (κ3) is 3.03. The van der Waals surface area contributed by atoms with Crippen LogP contribution in [-0.4, -0.2) is 10.9 Å². The summed E-state index contributed by atoms with van der Waals surface area (Å²) < 4.78 is 41.6. The number of nitrogen functional groups attached to an aromatic ring is 1. The number of nitrogens with two attached hydrogens (primary N) is 1. The van der Waals surface area contributed by atoms with Gasteiger partial charge in [0.2, 0.25) is 0 Å². The standard InChI is InChI=1S/C11H8F3N3O2/c12-11(13,14)6-1-3-7(4-2-6)16-9(18)8-5-19-10(15)17-8/h1-5H,(H2,15,17)(H,16,18). The number of halogens is 3. The van der Waals surface area contributed by atoms with Gasteiger partial charge in [-0.3, -0.25) is 4.79 Å². The molecule has 19 heavy (non-hydrogen) atoms. The van der Waals surface area contributed by atoms with Crippen molar-refractivity contribution in [2.75, 3.05) is 11.1 Å². The summed E-state index contributed by atoms with van der Waals surface area (Å²) in [4.78, 5) is 15.2. The lowest BCUT2D eigenvalue weighted by atomic mass is 10.2. The number of aromatic nitrogens is 1. The second-order valence-corrected chi connectivity index (χ2v) is 3.60. The number of oxazole rings is 1. The largest absolute Gasteiger partial charge is 0.431 e. The Bertz CT molecular complexity index is 590. The van der Waals surface area contributed by atoms with Crippen molar-refractivity contribution < 1.29 is 22.4 Å². The summed E-state index contributed by atoms with van der Waals surface area (Å²) in [5.74, 6) is -0.625. The van der Waals surface area contributed by atoms with E-state index in [0.29, 0.717) is 0 Å². The van der Waals surface area contributed by atoms with Crippen molar-refractivity contribution in [3.05, 3.63) is 41.8 Å². The highest BCUT2D eigenvalue weighted by Crippen LogP contribution is 2.29. The van der Waals surface area contributed by atoms with Crippen LogP contribution in [-0.2, 0) is 6.18 Å². The zero-order chi connectivity index (χ0) is 14.0. The van der Waals surface area contributed by atoms with Gasteiger partial charge >= 0.3 is 6.18 Å². The van der Waals surface area contributed by atoms with Crippen molar-refractivity contribution in [1.29, 1.82) is 0 Å². The van der Waals surface area contributed by atoms with Gasteiger partial charge in [0.25, 0.3) is 11.9 Å². The third-order valence-corrected chi connectivity index (χ3v) is 2.22. The maximum absolute atomic E-state index is 12.3. The number of benzene rings is 1. The van der Waals surface area contributed by atoms with Crippen LogP contribution in [0.4, 0.5) is 24.9 Å². The second kappa shape index (κ2) is 4.63. The first-order chi connectivity index (χ1) is 8.86. The van der Waals surface area contributed by atoms with E-state index >= 15 is 0 Å². The van der Waals surface area contributed by atoms with E-state index in [9.17, 15) is 18.0 Å². The van der Waals surface area contributed by atoms with Crippen LogP contribution in [0.15, 0.2) is 34.9 Å². The van der Waals surface area contributed by atoms with Gasteiger partial charge in [-0.15, -0.1) is 0 Å². The SMILES string of the molecule is Nc1nc(C(=O)Nc2ccc(C(F)(F)F)cc2)co1. The van der Waals surface area contributed by atoms with Crippen molar-refractivity contribution >= 4 is 17.6 Å². The molecule has 0 spiro atoms. The van der Waals surface area contributed by atoms with E-state index in [2.05, 4.69) is 14.7 Å². The lowest BCUT2D eigenvalue weighted by molar-refractivity contribution is -0.137. The molecule has 1 aromatic carbocycles. The Morgan fingerprint density at radius 3 is 2.37 bits per heavy atom. The van der Waals surface area contributed by atoms with E-state index in [4.69, 9.17) is 5.73 Å². The average Bonchev–Trinajstić information content (AvgIpc) is 2.75. The third-order valence-electron chi connectivity index (χ3n) is 2.22. The number of amides is 1. The van der Waals surface area contributed by atoms with Gasteiger partial charge in [-0.2, -0.15) is 18.2 Å². The Morgan fingerprint density at radius 2 is 1.89 bits per heavy atom. The first-order valence-electron chi connectivity index (χ1n) is 5.06. The van der Waals surface area contributed by atoms with Crippen molar-refractivity contribution in [3.63, 3.8) is 0 Å². The molecule has 0 saturated heterocycles. The first kappa shape index (κ1) is 12.9. The highest BCUT2D eigenvalue weighted by Gasteiger charge is 2.30. The highest BCUT2D eigenvalue weighted by molar-refractivity contribution is 6.02. The topological polar surface area (TPSA) is 81.1 Å². The number of hydrogen-bond donors (Lipinski definition) is 2. The Morgan fingerprint density at radius 1 is 1.26 bits per heavy atom. The molecule has 0 aliphatic carbocycles. The number of hydrogen-bond acceptors (Lipinski definition) is 4. The van der Waals surface area contributed by atoms with Crippen LogP contribution in [0.25, 0.3) is 0 Å². The predicted molar refractivity (Wildman–Crippen MR) is 60.3 cm³/mol. The summed E-state index contributed by atoms with van der Waals surface area (Å²) in [5, 5.41) is 2.37. The molecule has 0 aliphatic heterocycles. The quantitative estimate of drug-likeness (QED) is 0.879. The van der Waals surface area contributed by atoms with Crippen molar-refractivity contribution in [2.45, 2.75) is 6.18 Å². The minimum absolute atomic E-state index is 0.0580. The molecule has 0 fully saturated rings. The molecule has 100 valence electrons. The minimum atomic E-state index is -4.41. The zero-order valence-corrected chi connectivity index (χ0v) is 9.36. The van der Waals surface area contributed by atoms with Crippen molar-refractivity contribution in [1.82, 2.24) is 4.98 Å². The van der Waals surface area contributed by atoms with Gasteiger partial charge in [-0.25, -0.2) is 0 Å². The highest BCUT2D eigenvalue weighted by atomic mass is 19.4. The van der Waals surface area contributed by atoms with Crippen molar-refractivity contribution in [3.8, 4) is 0 Å². The fourth-order valence-corrected chi connectivity index (χ4v) is 1.33. The molecule has 0 aliphatic rings. The van der Waals surface area contributed by atoms with Gasteiger partial charge in [-0.05, 0) is 24.3 Å². The summed E-state index contributed by atoms with van der Waals surface area (Å²) in [6, 6.07) is 3.85. The number of rotatable bonds is 2. The Hall–Kier alpha value is -2.51. The van der Waals surface area contributed by atoms with Crippen molar-refractivity contribution in [2.24, 2.45) is 0 Å². The molecule has 0 unspecified atom stereocenters. The molecule has 2 aromatic rings. The molecule has 1 heterocycles. The van der Waals surface area contributed by atoms with Gasteiger partial charge in [0.1, 0.15) is 6.26 Å². The summed E-state index contributed by atoms with van der Waals surface area (Å²) in [5.41, 5.74) is 4.55. The summed E-state index contributed by atoms with van der Waals surface area (Å²) >= 11 is 0. The lowest BCUT2D eigenvalue weighted by Gasteiger charge is -2.07. The van der Waals surface area contributed by atoms with E-state index in [-0.39, 0.29) is 17.4 Å². The number of anilines is 2. The first-order valence-corrected chi connectivity index (χ1v) is 5.06. The molecule has 0 saturated carbocycles. The summed E-state index contributed by atoms with van der Waals surface area (Å²) in [7, 11) is 0. The van der Waals surface area contributed by atoms with Crippen LogP contribution in [0, 0.1) is 0 Å². The molecule has 0 bridgehead atoms. The number of nitrogens with one attached hydrogen (secondary N) is 1. The van der Waals surface area contributed by atoms with Crippen LogP contribution in [0.3, 0.4) is 0 Å². The Kier molecular flexibility index (Phi) is 3.16. The maximum atomic E-state index is 12.3. The van der Waals surface area contributed by atoms with Gasteiger partial charge < -0.3 is 15.5 Å². The molecule has 0 radical (unpaired) electrons. The number of carbonyl (C=O) groups is 1. The average molecular weight is 271 g/mol. The molecule has 1 amide bonds. The monoisotopic (exact) mass is 271 g/mol. The molecule has 2 rings (SSSR count). The van der Waals surface area contributed by atoms with Crippen LogP contribution in [0.1, 0.15) is 16.1 Å². The van der Waals surface area contributed by atoms with E-state index < -0.39 is 17.6 Å². The Balaban J connectivity index is 2.10. The number of alkyl halides is 3. The molecule has 0 atom stereocenters. The fraction of sp³-hybridized carbons (Fsp3) is 0.0909.